The van der Waals surface area contributed by atoms with Crippen molar-refractivity contribution in [3.8, 4) is 11.5 Å². The molecule has 0 unspecified atom stereocenters. The van der Waals surface area contributed by atoms with Gasteiger partial charge in [-0.3, -0.25) is 0 Å². The number of oxazole rings is 1. The molecule has 1 aliphatic rings. The van der Waals surface area contributed by atoms with Gasteiger partial charge in [-0.1, -0.05) is 6.07 Å². The fourth-order valence-corrected chi connectivity index (χ4v) is 3.45. The molecule has 1 aromatic heterocycles. The van der Waals surface area contributed by atoms with E-state index in [0.29, 0.717) is 17.4 Å². The van der Waals surface area contributed by atoms with Crippen molar-refractivity contribution in [1.29, 1.82) is 0 Å². The van der Waals surface area contributed by atoms with Crippen LogP contribution in [0.2, 0.25) is 0 Å². The van der Waals surface area contributed by atoms with Gasteiger partial charge in [-0.05, 0) is 57.1 Å². The molecule has 0 atom stereocenters. The highest BCUT2D eigenvalue weighted by atomic mass is 19.1. The Labute approximate surface area is 148 Å². The van der Waals surface area contributed by atoms with Crippen molar-refractivity contribution in [2.45, 2.75) is 19.4 Å². The van der Waals surface area contributed by atoms with Crippen LogP contribution in [0.1, 0.15) is 18.5 Å². The zero-order chi connectivity index (χ0) is 17.6. The Balaban J connectivity index is 1.50. The van der Waals surface area contributed by atoms with Gasteiger partial charge < -0.3 is 19.3 Å². The standard InChI is InChI=1S/C19H26FN3O2/c1-22(12-15-5-7-23(8-6-15)9-10-24)13-18-14-25-19(21-18)16-3-2-4-17(20)11-16/h2-4,11,14-15,24H,5-10,12-13H2,1H3. The minimum Gasteiger partial charge on any atom is -0.444 e. The number of hydrogen-bond acceptors (Lipinski definition) is 5. The van der Waals surface area contributed by atoms with E-state index in [1.54, 1.807) is 18.4 Å². The number of β-amino-alcohol motifs (C(OH)–C–C–N with tert-alkyl or cyclic N) is 1. The van der Waals surface area contributed by atoms with Gasteiger partial charge in [0.2, 0.25) is 5.89 Å². The molecule has 1 fully saturated rings. The lowest BCUT2D eigenvalue weighted by molar-refractivity contribution is 0.129. The molecule has 1 aliphatic heterocycles. The molecule has 6 heteroatoms. The molecule has 0 radical (unpaired) electrons. The van der Waals surface area contributed by atoms with Crippen molar-refractivity contribution in [3.05, 3.63) is 42.0 Å². The highest BCUT2D eigenvalue weighted by Gasteiger charge is 2.20. The van der Waals surface area contributed by atoms with Gasteiger partial charge in [0.15, 0.2) is 0 Å². The van der Waals surface area contributed by atoms with E-state index in [-0.39, 0.29) is 12.4 Å². The molecule has 5 nitrogen and oxygen atoms in total. The van der Waals surface area contributed by atoms with Crippen LogP contribution in [-0.4, -0.2) is 59.7 Å². The van der Waals surface area contributed by atoms with E-state index >= 15 is 0 Å². The number of aromatic nitrogens is 1. The van der Waals surface area contributed by atoms with Crippen molar-refractivity contribution in [3.63, 3.8) is 0 Å². The summed E-state index contributed by atoms with van der Waals surface area (Å²) in [7, 11) is 2.09. The number of nitrogens with zero attached hydrogens (tertiary/aromatic N) is 3. The van der Waals surface area contributed by atoms with Gasteiger partial charge in [0.25, 0.3) is 0 Å². The Bertz CT molecular complexity index is 668. The fraction of sp³-hybridized carbons (Fsp3) is 0.526. The summed E-state index contributed by atoms with van der Waals surface area (Å²) in [6.45, 7) is 4.89. The van der Waals surface area contributed by atoms with Crippen LogP contribution in [0.4, 0.5) is 4.39 Å². The molecule has 136 valence electrons. The van der Waals surface area contributed by atoms with Crippen LogP contribution >= 0.6 is 0 Å². The van der Waals surface area contributed by atoms with Crippen molar-refractivity contribution < 1.29 is 13.9 Å². The SMILES string of the molecule is CN(Cc1coc(-c2cccc(F)c2)n1)CC1CCN(CCO)CC1. The summed E-state index contributed by atoms with van der Waals surface area (Å²) in [5.74, 6) is 0.844. The summed E-state index contributed by atoms with van der Waals surface area (Å²) in [6, 6.07) is 6.29. The molecule has 3 rings (SSSR count). The molecule has 1 aromatic carbocycles. The van der Waals surface area contributed by atoms with E-state index in [1.165, 1.54) is 12.1 Å². The maximum absolute atomic E-state index is 13.3. The number of rotatable bonds is 7. The molecule has 0 aliphatic carbocycles. The van der Waals surface area contributed by atoms with Gasteiger partial charge in [-0.2, -0.15) is 0 Å². The third-order valence-electron chi connectivity index (χ3n) is 4.75. The summed E-state index contributed by atoms with van der Waals surface area (Å²) in [5, 5.41) is 9.01. The second-order valence-electron chi connectivity index (χ2n) is 6.86. The van der Waals surface area contributed by atoms with Crippen LogP contribution in [0.25, 0.3) is 11.5 Å². The monoisotopic (exact) mass is 347 g/mol. The first-order valence-corrected chi connectivity index (χ1v) is 8.86. The number of likely N-dealkylation sites (tertiary alicyclic amines) is 1. The first kappa shape index (κ1) is 18.0. The highest BCUT2D eigenvalue weighted by Crippen LogP contribution is 2.21. The van der Waals surface area contributed by atoms with Crippen LogP contribution in [0, 0.1) is 11.7 Å². The Kier molecular flexibility index (Phi) is 6.18. The predicted molar refractivity (Wildman–Crippen MR) is 94.5 cm³/mol. The van der Waals surface area contributed by atoms with Crippen LogP contribution in [-0.2, 0) is 6.54 Å². The number of hydrogen-bond donors (Lipinski definition) is 1. The first-order chi connectivity index (χ1) is 12.1. The molecular formula is C19H26FN3O2. The molecule has 0 spiro atoms. The maximum atomic E-state index is 13.3. The van der Waals surface area contributed by atoms with Gasteiger partial charge in [0.05, 0.1) is 12.3 Å². The molecule has 25 heavy (non-hydrogen) atoms. The molecule has 2 aromatic rings. The summed E-state index contributed by atoms with van der Waals surface area (Å²) >= 11 is 0. The number of benzene rings is 1. The third-order valence-corrected chi connectivity index (χ3v) is 4.75. The Morgan fingerprint density at radius 1 is 1.36 bits per heavy atom. The number of aliphatic hydroxyl groups is 1. The second-order valence-corrected chi connectivity index (χ2v) is 6.86. The largest absolute Gasteiger partial charge is 0.444 e. The van der Waals surface area contributed by atoms with Gasteiger partial charge in [-0.15, -0.1) is 0 Å². The molecule has 1 saturated heterocycles. The van der Waals surface area contributed by atoms with Crippen LogP contribution in [0.5, 0.6) is 0 Å². The van der Waals surface area contributed by atoms with E-state index in [0.717, 1.165) is 51.3 Å². The number of halogens is 1. The fourth-order valence-electron chi connectivity index (χ4n) is 3.45. The zero-order valence-corrected chi connectivity index (χ0v) is 14.7. The Morgan fingerprint density at radius 2 is 2.16 bits per heavy atom. The molecule has 0 amide bonds. The van der Waals surface area contributed by atoms with Gasteiger partial charge >= 0.3 is 0 Å². The second kappa shape index (κ2) is 8.56. The minimum absolute atomic E-state index is 0.240. The van der Waals surface area contributed by atoms with Gasteiger partial charge in [0, 0.05) is 25.2 Å². The van der Waals surface area contributed by atoms with E-state index in [1.807, 2.05) is 0 Å². The summed E-state index contributed by atoms with van der Waals surface area (Å²) < 4.78 is 18.8. The Hall–Kier alpha value is -1.76. The lowest BCUT2D eigenvalue weighted by Crippen LogP contribution is -2.38. The zero-order valence-electron chi connectivity index (χ0n) is 14.7. The Morgan fingerprint density at radius 3 is 2.88 bits per heavy atom. The van der Waals surface area contributed by atoms with E-state index < -0.39 is 0 Å². The smallest absolute Gasteiger partial charge is 0.226 e. The minimum atomic E-state index is -0.290. The van der Waals surface area contributed by atoms with Crippen molar-refractivity contribution in [1.82, 2.24) is 14.8 Å². The van der Waals surface area contributed by atoms with Crippen LogP contribution in [0.3, 0.4) is 0 Å². The van der Waals surface area contributed by atoms with Crippen LogP contribution in [0.15, 0.2) is 34.9 Å². The lowest BCUT2D eigenvalue weighted by atomic mass is 9.96. The number of piperidine rings is 1. The van der Waals surface area contributed by atoms with Gasteiger partial charge in [0.1, 0.15) is 12.1 Å². The predicted octanol–water partition coefficient (Wildman–Crippen LogP) is 2.62. The molecular weight excluding hydrogens is 321 g/mol. The normalized spacial score (nSPS) is 16.6. The maximum Gasteiger partial charge on any atom is 0.226 e. The summed E-state index contributed by atoms with van der Waals surface area (Å²) in [4.78, 5) is 9.06. The molecule has 0 saturated carbocycles. The average molecular weight is 347 g/mol. The van der Waals surface area contributed by atoms with E-state index in [2.05, 4.69) is 21.8 Å². The van der Waals surface area contributed by atoms with Crippen LogP contribution < -0.4 is 0 Å². The highest BCUT2D eigenvalue weighted by molar-refractivity contribution is 5.52. The van der Waals surface area contributed by atoms with E-state index in [4.69, 9.17) is 9.52 Å². The number of aliphatic hydroxyl groups excluding tert-OH is 1. The van der Waals surface area contributed by atoms with Gasteiger partial charge in [-0.25, -0.2) is 9.37 Å². The van der Waals surface area contributed by atoms with Crippen molar-refractivity contribution >= 4 is 0 Å². The van der Waals surface area contributed by atoms with Crippen molar-refractivity contribution in [2.24, 2.45) is 5.92 Å². The third kappa shape index (κ3) is 5.11. The lowest BCUT2D eigenvalue weighted by Gasteiger charge is -2.33. The van der Waals surface area contributed by atoms with Crippen molar-refractivity contribution in [2.75, 3.05) is 39.8 Å². The molecule has 0 bridgehead atoms. The summed E-state index contributed by atoms with van der Waals surface area (Å²) in [6.07, 6.45) is 3.98. The summed E-state index contributed by atoms with van der Waals surface area (Å²) in [5.41, 5.74) is 1.52. The molecule has 2 heterocycles. The average Bonchev–Trinajstić information content (AvgIpc) is 3.05. The van der Waals surface area contributed by atoms with E-state index in [9.17, 15) is 4.39 Å². The topological polar surface area (TPSA) is 52.7 Å². The quantitative estimate of drug-likeness (QED) is 0.834. The first-order valence-electron chi connectivity index (χ1n) is 8.86. The molecule has 1 N–H and O–H groups in total.